The van der Waals surface area contributed by atoms with Crippen LogP contribution in [0, 0.1) is 0 Å². The van der Waals surface area contributed by atoms with Crippen LogP contribution in [0.3, 0.4) is 0 Å². The monoisotopic (exact) mass is 802 g/mol. The van der Waals surface area contributed by atoms with Crippen LogP contribution in [0.2, 0.25) is 0 Å². The van der Waals surface area contributed by atoms with Crippen molar-refractivity contribution >= 4 is 64.6 Å². The molecule has 0 heterocycles. The van der Waals surface area contributed by atoms with Crippen molar-refractivity contribution in [3.8, 4) is 44.9 Å². The zero-order chi connectivity index (χ0) is 41.8. The number of benzene rings is 12. The number of phenolic OH excluding ortho intramolecular Hbond substituents is 2. The molecule has 12 aromatic rings. The van der Waals surface area contributed by atoms with Crippen molar-refractivity contribution in [2.75, 3.05) is 0 Å². The van der Waals surface area contributed by atoms with Gasteiger partial charge in [0.15, 0.2) is 0 Å². The Hall–Kier alpha value is -8.20. The fourth-order valence-corrected chi connectivity index (χ4v) is 11.2. The van der Waals surface area contributed by atoms with Crippen LogP contribution >= 0.6 is 0 Å². The van der Waals surface area contributed by atoms with Gasteiger partial charge in [0.25, 0.3) is 0 Å². The van der Waals surface area contributed by atoms with Gasteiger partial charge in [-0.1, -0.05) is 182 Å². The van der Waals surface area contributed by atoms with Crippen LogP contribution in [-0.2, 0) is 5.41 Å². The summed E-state index contributed by atoms with van der Waals surface area (Å²) in [5.41, 5.74) is 9.65. The maximum Gasteiger partial charge on any atom is 0.116 e. The Morgan fingerprint density at radius 3 is 1.10 bits per heavy atom. The molecule has 2 heteroatoms. The van der Waals surface area contributed by atoms with Gasteiger partial charge < -0.3 is 10.2 Å². The average molecular weight is 803 g/mol. The Morgan fingerprint density at radius 1 is 0.254 bits per heavy atom. The van der Waals surface area contributed by atoms with Crippen LogP contribution < -0.4 is 0 Å². The third kappa shape index (κ3) is 5.13. The molecule has 13 rings (SSSR count). The molecule has 0 radical (unpaired) electrons. The molecule has 0 saturated carbocycles. The zero-order valence-corrected chi connectivity index (χ0v) is 34.2. The summed E-state index contributed by atoms with van der Waals surface area (Å²) in [6.45, 7) is 0. The minimum atomic E-state index is -1.09. The molecule has 0 atom stereocenters. The quantitative estimate of drug-likeness (QED) is 0.174. The lowest BCUT2D eigenvalue weighted by Gasteiger charge is -2.38. The first-order valence-electron chi connectivity index (χ1n) is 21.6. The van der Waals surface area contributed by atoms with Gasteiger partial charge in [-0.15, -0.1) is 0 Å². The summed E-state index contributed by atoms with van der Waals surface area (Å²) in [7, 11) is 0. The van der Waals surface area contributed by atoms with Crippen LogP contribution in [-0.4, -0.2) is 10.2 Å². The smallest absolute Gasteiger partial charge is 0.116 e. The third-order valence-corrected chi connectivity index (χ3v) is 13.8. The van der Waals surface area contributed by atoms with Crippen LogP contribution in [0.4, 0.5) is 0 Å². The maximum absolute atomic E-state index is 12.3. The van der Waals surface area contributed by atoms with Crippen molar-refractivity contribution in [3.63, 3.8) is 0 Å². The molecule has 0 spiro atoms. The zero-order valence-electron chi connectivity index (χ0n) is 34.2. The summed E-state index contributed by atoms with van der Waals surface area (Å²) in [6.07, 6.45) is 0. The summed E-state index contributed by atoms with van der Waals surface area (Å²) in [6, 6.07) is 77.7. The van der Waals surface area contributed by atoms with Gasteiger partial charge in [0, 0.05) is 0 Å². The molecule has 0 saturated heterocycles. The summed E-state index contributed by atoms with van der Waals surface area (Å²) < 4.78 is 0. The maximum atomic E-state index is 12.3. The molecular formula is C61H38O2. The summed E-state index contributed by atoms with van der Waals surface area (Å²) in [5.74, 6) is 0.369. The fraction of sp³-hybridized carbons (Fsp3) is 0.0164. The standard InChI is InChI=1S/C61H38O2/c62-45-33-55-47-17-7-5-13-39(47)27-29-51(55)57(35-45)61(58-36-46(63)34-56-48-18-8-6-14-40(48)28-30-52(56)58)59-49(43-25-23-37-11-1-3-15-41(37)31-43)19-9-21-53(59)54-22-10-20-50(60(54)61)44-26-24-38-12-2-4-16-42(38)32-44/h1-36,62-63H. The second-order valence-corrected chi connectivity index (χ2v) is 17.1. The molecule has 0 aliphatic heterocycles. The van der Waals surface area contributed by atoms with Gasteiger partial charge in [-0.05, 0) is 157 Å². The topological polar surface area (TPSA) is 40.5 Å². The molecule has 2 nitrogen and oxygen atoms in total. The molecule has 2 N–H and O–H groups in total. The van der Waals surface area contributed by atoms with Crippen LogP contribution in [0.15, 0.2) is 218 Å². The summed E-state index contributed by atoms with van der Waals surface area (Å²) in [5, 5.41) is 37.5. The molecule has 63 heavy (non-hydrogen) atoms. The van der Waals surface area contributed by atoms with E-state index >= 15 is 0 Å². The minimum absolute atomic E-state index is 0.185. The summed E-state index contributed by atoms with van der Waals surface area (Å²) >= 11 is 0. The Balaban J connectivity index is 1.29. The first-order valence-corrected chi connectivity index (χ1v) is 21.6. The number of fused-ring (bicyclic) bond motifs is 11. The van der Waals surface area contributed by atoms with Gasteiger partial charge >= 0.3 is 0 Å². The highest BCUT2D eigenvalue weighted by molar-refractivity contribution is 6.14. The molecule has 0 amide bonds. The molecule has 0 aromatic heterocycles. The van der Waals surface area contributed by atoms with Gasteiger partial charge in [-0.3, -0.25) is 0 Å². The fourth-order valence-electron chi connectivity index (χ4n) is 11.2. The first kappa shape index (κ1) is 35.5. The van der Waals surface area contributed by atoms with Gasteiger partial charge in [-0.25, -0.2) is 0 Å². The lowest BCUT2D eigenvalue weighted by molar-refractivity contribution is 0.474. The third-order valence-electron chi connectivity index (χ3n) is 13.8. The average Bonchev–Trinajstić information content (AvgIpc) is 3.64. The van der Waals surface area contributed by atoms with Crippen molar-refractivity contribution < 1.29 is 10.2 Å². The molecule has 0 bridgehead atoms. The van der Waals surface area contributed by atoms with Gasteiger partial charge in [0.1, 0.15) is 11.5 Å². The van der Waals surface area contributed by atoms with Crippen molar-refractivity contribution in [2.45, 2.75) is 5.41 Å². The molecule has 294 valence electrons. The van der Waals surface area contributed by atoms with Crippen molar-refractivity contribution in [2.24, 2.45) is 0 Å². The molecule has 1 aliphatic rings. The SMILES string of the molecule is Oc1cc(C2(c3cc(O)cc4c3ccc3ccccc34)c3c(-c4ccc5ccccc5c4)cccc3-c3cccc(-c4ccc5ccccc5c4)c32)c2ccc3ccccc3c2c1. The Morgan fingerprint density at radius 2 is 0.635 bits per heavy atom. The van der Waals surface area contributed by atoms with E-state index in [0.29, 0.717) is 0 Å². The van der Waals surface area contributed by atoms with Crippen LogP contribution in [0.1, 0.15) is 22.3 Å². The van der Waals surface area contributed by atoms with Crippen molar-refractivity contribution in [1.29, 1.82) is 0 Å². The number of hydrogen-bond donors (Lipinski definition) is 2. The number of hydrogen-bond acceptors (Lipinski definition) is 2. The number of rotatable bonds is 4. The van der Waals surface area contributed by atoms with E-state index in [1.807, 2.05) is 24.3 Å². The molecule has 1 aliphatic carbocycles. The predicted octanol–water partition coefficient (Wildman–Crippen LogP) is 15.7. The lowest BCUT2D eigenvalue weighted by Crippen LogP contribution is -2.31. The molecular weight excluding hydrogens is 765 g/mol. The van der Waals surface area contributed by atoms with Crippen LogP contribution in [0.5, 0.6) is 11.5 Å². The summed E-state index contributed by atoms with van der Waals surface area (Å²) in [4.78, 5) is 0. The largest absolute Gasteiger partial charge is 0.508 e. The van der Waals surface area contributed by atoms with Crippen molar-refractivity contribution in [3.05, 3.63) is 241 Å². The Labute approximate surface area is 364 Å². The Bertz CT molecular complexity index is 3640. The van der Waals surface area contributed by atoms with E-state index in [1.54, 1.807) is 0 Å². The van der Waals surface area contributed by atoms with E-state index in [-0.39, 0.29) is 11.5 Å². The van der Waals surface area contributed by atoms with Gasteiger partial charge in [0.05, 0.1) is 5.41 Å². The lowest BCUT2D eigenvalue weighted by atomic mass is 9.62. The van der Waals surface area contributed by atoms with Gasteiger partial charge in [0.2, 0.25) is 0 Å². The highest BCUT2D eigenvalue weighted by atomic mass is 16.3. The normalized spacial score (nSPS) is 13.0. The Kier molecular flexibility index (Phi) is 7.56. The second kappa shape index (κ2) is 13.4. The second-order valence-electron chi connectivity index (χ2n) is 17.1. The highest BCUT2D eigenvalue weighted by Gasteiger charge is 2.51. The highest BCUT2D eigenvalue weighted by Crippen LogP contribution is 2.64. The minimum Gasteiger partial charge on any atom is -0.508 e. The van der Waals surface area contributed by atoms with Crippen LogP contribution in [0.25, 0.3) is 98.0 Å². The van der Waals surface area contributed by atoms with E-state index in [9.17, 15) is 10.2 Å². The van der Waals surface area contributed by atoms with Crippen molar-refractivity contribution in [1.82, 2.24) is 0 Å². The number of aromatic hydroxyl groups is 2. The molecule has 0 unspecified atom stereocenters. The predicted molar refractivity (Wildman–Crippen MR) is 263 cm³/mol. The number of phenols is 2. The van der Waals surface area contributed by atoms with E-state index < -0.39 is 5.41 Å². The van der Waals surface area contributed by atoms with Gasteiger partial charge in [-0.2, -0.15) is 0 Å². The first-order chi connectivity index (χ1) is 31.0. The molecule has 0 fully saturated rings. The van der Waals surface area contributed by atoms with E-state index in [4.69, 9.17) is 0 Å². The van der Waals surface area contributed by atoms with E-state index in [2.05, 4.69) is 194 Å². The molecule has 12 aromatic carbocycles. The van der Waals surface area contributed by atoms with E-state index in [0.717, 1.165) is 109 Å². The van der Waals surface area contributed by atoms with E-state index in [1.165, 1.54) is 10.8 Å².